The third-order valence-electron chi connectivity index (χ3n) is 3.08. The fourth-order valence-electron chi connectivity index (χ4n) is 2.05. The summed E-state index contributed by atoms with van der Waals surface area (Å²) >= 11 is 0. The topological polar surface area (TPSA) is 32.3 Å². The van der Waals surface area contributed by atoms with Gasteiger partial charge in [-0.1, -0.05) is 6.07 Å². The zero-order valence-electron chi connectivity index (χ0n) is 8.80. The van der Waals surface area contributed by atoms with Crippen molar-refractivity contribution in [3.8, 4) is 5.75 Å². The molecular formula is C12H17NO. The first-order valence-corrected chi connectivity index (χ1v) is 5.22. The first-order chi connectivity index (χ1) is 6.68. The maximum atomic E-state index is 9.84. The van der Waals surface area contributed by atoms with Crippen LogP contribution >= 0.6 is 0 Å². The van der Waals surface area contributed by atoms with E-state index in [0.29, 0.717) is 11.8 Å². The van der Waals surface area contributed by atoms with Gasteiger partial charge in [-0.05, 0) is 50.4 Å². The Labute approximate surface area is 85.0 Å². The normalized spacial score (nSPS) is 21.4. The van der Waals surface area contributed by atoms with Gasteiger partial charge >= 0.3 is 0 Å². The molecule has 1 atom stereocenters. The molecule has 0 spiro atoms. The molecule has 0 aromatic heterocycles. The second-order valence-electron chi connectivity index (χ2n) is 4.14. The van der Waals surface area contributed by atoms with Crippen LogP contribution in [0.5, 0.6) is 5.75 Å². The van der Waals surface area contributed by atoms with Gasteiger partial charge in [0.05, 0.1) is 0 Å². The Hall–Kier alpha value is -1.02. The number of nitrogens with one attached hydrogen (secondary N) is 1. The second kappa shape index (κ2) is 3.62. The van der Waals surface area contributed by atoms with Gasteiger partial charge in [0.25, 0.3) is 0 Å². The molecule has 2 N–H and O–H groups in total. The van der Waals surface area contributed by atoms with Crippen LogP contribution in [0.15, 0.2) is 12.1 Å². The van der Waals surface area contributed by atoms with E-state index in [1.54, 1.807) is 0 Å². The summed E-state index contributed by atoms with van der Waals surface area (Å²) in [5.74, 6) is 0.438. The molecule has 2 heteroatoms. The molecule has 1 aromatic rings. The van der Waals surface area contributed by atoms with Crippen LogP contribution in [0.3, 0.4) is 0 Å². The van der Waals surface area contributed by atoms with Gasteiger partial charge in [-0.25, -0.2) is 0 Å². The minimum Gasteiger partial charge on any atom is -0.508 e. The average Bonchev–Trinajstić information content (AvgIpc) is 2.64. The molecule has 0 bridgehead atoms. The number of aryl methyl sites for hydroxylation is 2. The molecule has 0 saturated carbocycles. The van der Waals surface area contributed by atoms with E-state index in [-0.39, 0.29) is 0 Å². The lowest BCUT2D eigenvalue weighted by atomic mass is 9.99. The van der Waals surface area contributed by atoms with Crippen molar-refractivity contribution >= 4 is 0 Å². The molecule has 2 nitrogen and oxygen atoms in total. The van der Waals surface area contributed by atoms with E-state index in [0.717, 1.165) is 24.1 Å². The Morgan fingerprint density at radius 1 is 1.29 bits per heavy atom. The number of aromatic hydroxyl groups is 1. The standard InChI is InChI=1S/C12H17NO/c1-8-6-10(11-4-3-5-13-11)12(14)7-9(8)2/h6-7,11,13-14H,3-5H2,1-2H3. The van der Waals surface area contributed by atoms with Gasteiger partial charge in [-0.15, -0.1) is 0 Å². The molecule has 2 rings (SSSR count). The molecule has 1 fully saturated rings. The summed E-state index contributed by atoms with van der Waals surface area (Å²) in [4.78, 5) is 0. The van der Waals surface area contributed by atoms with Crippen LogP contribution in [0, 0.1) is 13.8 Å². The van der Waals surface area contributed by atoms with Gasteiger partial charge in [-0.3, -0.25) is 0 Å². The molecule has 1 saturated heterocycles. The maximum absolute atomic E-state index is 9.84. The van der Waals surface area contributed by atoms with Gasteiger partial charge in [0.15, 0.2) is 0 Å². The Kier molecular flexibility index (Phi) is 2.46. The number of benzene rings is 1. The highest BCUT2D eigenvalue weighted by Gasteiger charge is 2.19. The zero-order valence-corrected chi connectivity index (χ0v) is 8.80. The highest BCUT2D eigenvalue weighted by Crippen LogP contribution is 2.32. The molecule has 76 valence electrons. The predicted molar refractivity (Wildman–Crippen MR) is 57.6 cm³/mol. The Morgan fingerprint density at radius 2 is 2.00 bits per heavy atom. The molecule has 1 aliphatic rings. The average molecular weight is 191 g/mol. The number of hydrogen-bond acceptors (Lipinski definition) is 2. The zero-order chi connectivity index (χ0) is 10.1. The SMILES string of the molecule is Cc1cc(O)c(C2CCCN2)cc1C. The quantitative estimate of drug-likeness (QED) is 0.714. The third kappa shape index (κ3) is 1.62. The van der Waals surface area contributed by atoms with E-state index in [1.165, 1.54) is 12.0 Å². The van der Waals surface area contributed by atoms with Crippen LogP contribution in [-0.2, 0) is 0 Å². The van der Waals surface area contributed by atoms with E-state index < -0.39 is 0 Å². The molecule has 0 aliphatic carbocycles. The fraction of sp³-hybridized carbons (Fsp3) is 0.500. The largest absolute Gasteiger partial charge is 0.508 e. The van der Waals surface area contributed by atoms with Crippen molar-refractivity contribution < 1.29 is 5.11 Å². The summed E-state index contributed by atoms with van der Waals surface area (Å²) in [6, 6.07) is 4.33. The van der Waals surface area contributed by atoms with Crippen molar-refractivity contribution in [1.29, 1.82) is 0 Å². The van der Waals surface area contributed by atoms with Crippen LogP contribution in [0.25, 0.3) is 0 Å². The minimum atomic E-state index is 0.356. The van der Waals surface area contributed by atoms with Crippen LogP contribution < -0.4 is 5.32 Å². The van der Waals surface area contributed by atoms with E-state index in [2.05, 4.69) is 18.3 Å². The van der Waals surface area contributed by atoms with E-state index in [9.17, 15) is 5.11 Å². The molecular weight excluding hydrogens is 174 g/mol. The van der Waals surface area contributed by atoms with Crippen LogP contribution in [0.4, 0.5) is 0 Å². The number of hydrogen-bond donors (Lipinski definition) is 2. The monoisotopic (exact) mass is 191 g/mol. The molecule has 1 aromatic carbocycles. The van der Waals surface area contributed by atoms with Crippen molar-refractivity contribution in [1.82, 2.24) is 5.32 Å². The van der Waals surface area contributed by atoms with Gasteiger partial charge in [-0.2, -0.15) is 0 Å². The van der Waals surface area contributed by atoms with Crippen molar-refractivity contribution in [2.45, 2.75) is 32.7 Å². The first-order valence-electron chi connectivity index (χ1n) is 5.22. The molecule has 14 heavy (non-hydrogen) atoms. The number of rotatable bonds is 1. The molecule has 1 heterocycles. The fourth-order valence-corrected chi connectivity index (χ4v) is 2.05. The lowest BCUT2D eigenvalue weighted by molar-refractivity contribution is 0.456. The van der Waals surface area contributed by atoms with Crippen molar-refractivity contribution in [3.63, 3.8) is 0 Å². The summed E-state index contributed by atoms with van der Waals surface area (Å²) in [5, 5.41) is 13.2. The van der Waals surface area contributed by atoms with Crippen molar-refractivity contribution in [2.75, 3.05) is 6.54 Å². The second-order valence-corrected chi connectivity index (χ2v) is 4.14. The van der Waals surface area contributed by atoms with Crippen LogP contribution in [0.1, 0.15) is 35.6 Å². The summed E-state index contributed by atoms with van der Waals surface area (Å²) in [5.41, 5.74) is 3.47. The lowest BCUT2D eigenvalue weighted by Gasteiger charge is -2.14. The highest BCUT2D eigenvalue weighted by atomic mass is 16.3. The van der Waals surface area contributed by atoms with Gasteiger partial charge in [0, 0.05) is 11.6 Å². The lowest BCUT2D eigenvalue weighted by Crippen LogP contribution is -2.13. The maximum Gasteiger partial charge on any atom is 0.120 e. The van der Waals surface area contributed by atoms with Gasteiger partial charge in [0.1, 0.15) is 5.75 Å². The van der Waals surface area contributed by atoms with E-state index in [1.807, 2.05) is 13.0 Å². The first kappa shape index (κ1) is 9.53. The van der Waals surface area contributed by atoms with Crippen molar-refractivity contribution in [3.05, 3.63) is 28.8 Å². The van der Waals surface area contributed by atoms with Crippen LogP contribution in [-0.4, -0.2) is 11.7 Å². The Morgan fingerprint density at radius 3 is 2.64 bits per heavy atom. The summed E-state index contributed by atoms with van der Waals surface area (Å²) in [6.07, 6.45) is 2.34. The Bertz CT molecular complexity index is 340. The number of phenols is 1. The molecule has 1 aliphatic heterocycles. The molecule has 1 unspecified atom stereocenters. The predicted octanol–water partition coefficient (Wildman–Crippen LogP) is 2.43. The molecule has 0 radical (unpaired) electrons. The minimum absolute atomic E-state index is 0.356. The smallest absolute Gasteiger partial charge is 0.120 e. The summed E-state index contributed by atoms with van der Waals surface area (Å²) < 4.78 is 0. The summed E-state index contributed by atoms with van der Waals surface area (Å²) in [6.45, 7) is 5.19. The number of phenolic OH excluding ortho intramolecular Hbond substituents is 1. The highest BCUT2D eigenvalue weighted by molar-refractivity contribution is 5.42. The third-order valence-corrected chi connectivity index (χ3v) is 3.08. The van der Waals surface area contributed by atoms with Gasteiger partial charge < -0.3 is 10.4 Å². The summed E-state index contributed by atoms with van der Waals surface area (Å²) in [7, 11) is 0. The molecule has 0 amide bonds. The van der Waals surface area contributed by atoms with Crippen molar-refractivity contribution in [2.24, 2.45) is 0 Å². The Balaban J connectivity index is 2.37. The van der Waals surface area contributed by atoms with E-state index >= 15 is 0 Å². The van der Waals surface area contributed by atoms with E-state index in [4.69, 9.17) is 0 Å². The van der Waals surface area contributed by atoms with Gasteiger partial charge in [0.2, 0.25) is 0 Å². The van der Waals surface area contributed by atoms with Crippen LogP contribution in [0.2, 0.25) is 0 Å².